The van der Waals surface area contributed by atoms with E-state index in [1.54, 1.807) is 6.07 Å². The van der Waals surface area contributed by atoms with Gasteiger partial charge in [0.25, 0.3) is 0 Å². The monoisotopic (exact) mass is 719 g/mol. The zero-order valence-corrected chi connectivity index (χ0v) is 29.0. The Morgan fingerprint density at radius 3 is 1.67 bits per heavy atom. The molecule has 0 fully saturated rings. The van der Waals surface area contributed by atoms with E-state index in [2.05, 4.69) is 41.0 Å². The van der Waals surface area contributed by atoms with Gasteiger partial charge in [0.05, 0.1) is 33.9 Å². The maximum Gasteiger partial charge on any atom is 0.416 e. The summed E-state index contributed by atoms with van der Waals surface area (Å²) >= 11 is 0. The summed E-state index contributed by atoms with van der Waals surface area (Å²) in [6.45, 7) is 0. The molecule has 8 heteroatoms. The Morgan fingerprint density at radius 1 is 0.455 bits per heavy atom. The maximum atomic E-state index is 13.6. The smallest absolute Gasteiger partial charge is 0.308 e. The van der Waals surface area contributed by atoms with Crippen LogP contribution in [-0.2, 0) is 6.18 Å². The van der Waals surface area contributed by atoms with Crippen LogP contribution in [0.5, 0.6) is 0 Å². The Balaban J connectivity index is 1.34. The van der Waals surface area contributed by atoms with Crippen molar-refractivity contribution in [2.45, 2.75) is 6.18 Å². The predicted octanol–water partition coefficient (Wildman–Crippen LogP) is 12.2. The normalized spacial score (nSPS) is 11.5. The van der Waals surface area contributed by atoms with Crippen LogP contribution in [0.3, 0.4) is 0 Å². The molecule has 0 unspecified atom stereocenters. The van der Waals surface area contributed by atoms with Crippen molar-refractivity contribution in [2.75, 3.05) is 0 Å². The van der Waals surface area contributed by atoms with Gasteiger partial charge >= 0.3 is 6.18 Å². The van der Waals surface area contributed by atoms with E-state index >= 15 is 0 Å². The van der Waals surface area contributed by atoms with Crippen molar-refractivity contribution in [1.82, 2.24) is 19.5 Å². The highest BCUT2D eigenvalue weighted by molar-refractivity contribution is 6.10. The lowest BCUT2D eigenvalue weighted by atomic mass is 9.99. The summed E-state index contributed by atoms with van der Waals surface area (Å²) in [6.07, 6.45) is -4.45. The van der Waals surface area contributed by atoms with E-state index in [9.17, 15) is 18.4 Å². The Bertz CT molecular complexity index is 2850. The quantitative estimate of drug-likeness (QED) is 0.172. The van der Waals surface area contributed by atoms with E-state index in [1.165, 1.54) is 12.1 Å². The average Bonchev–Trinajstić information content (AvgIpc) is 3.57. The molecule has 9 aromatic rings. The molecule has 5 nitrogen and oxygen atoms in total. The lowest BCUT2D eigenvalue weighted by Gasteiger charge is -2.17. The largest absolute Gasteiger partial charge is 0.416 e. The van der Waals surface area contributed by atoms with Gasteiger partial charge in [0.1, 0.15) is 0 Å². The van der Waals surface area contributed by atoms with Crippen molar-refractivity contribution in [1.29, 1.82) is 5.26 Å². The van der Waals surface area contributed by atoms with Crippen LogP contribution in [0.1, 0.15) is 11.1 Å². The molecule has 0 saturated carbocycles. The van der Waals surface area contributed by atoms with E-state index in [1.807, 2.05) is 109 Å². The molecule has 55 heavy (non-hydrogen) atoms. The fourth-order valence-corrected chi connectivity index (χ4v) is 7.04. The van der Waals surface area contributed by atoms with Crippen LogP contribution in [0.4, 0.5) is 13.2 Å². The van der Waals surface area contributed by atoms with Crippen molar-refractivity contribution in [3.8, 4) is 68.2 Å². The van der Waals surface area contributed by atoms with Crippen LogP contribution in [0.2, 0.25) is 0 Å². The van der Waals surface area contributed by atoms with Gasteiger partial charge in [0, 0.05) is 27.5 Å². The molecule has 0 N–H and O–H groups in total. The number of nitriles is 1. The number of fused-ring (bicyclic) bond motifs is 3. The molecule has 0 aliphatic carbocycles. The van der Waals surface area contributed by atoms with Gasteiger partial charge in [-0.1, -0.05) is 121 Å². The molecule has 7 aromatic carbocycles. The summed E-state index contributed by atoms with van der Waals surface area (Å²) in [6, 6.07) is 54.6. The summed E-state index contributed by atoms with van der Waals surface area (Å²) in [5.41, 5.74) is 7.92. The summed E-state index contributed by atoms with van der Waals surface area (Å²) in [5.74, 6) is 1.44. The van der Waals surface area contributed by atoms with Gasteiger partial charge in [-0.25, -0.2) is 15.0 Å². The second kappa shape index (κ2) is 13.6. The number of aromatic nitrogens is 4. The molecule has 0 spiro atoms. The van der Waals surface area contributed by atoms with Crippen molar-refractivity contribution in [3.05, 3.63) is 181 Å². The molecule has 0 aliphatic heterocycles. The second-order valence-electron chi connectivity index (χ2n) is 13.1. The van der Waals surface area contributed by atoms with Crippen LogP contribution in [0.25, 0.3) is 83.9 Å². The zero-order valence-electron chi connectivity index (χ0n) is 29.0. The molecule has 9 rings (SSSR count). The minimum atomic E-state index is -4.45. The number of rotatable bonds is 6. The molecule has 2 heterocycles. The van der Waals surface area contributed by atoms with Crippen molar-refractivity contribution < 1.29 is 13.2 Å². The topological polar surface area (TPSA) is 67.4 Å². The Kier molecular flexibility index (Phi) is 8.25. The first-order valence-electron chi connectivity index (χ1n) is 17.6. The maximum absolute atomic E-state index is 13.6. The molecular weight excluding hydrogens is 692 g/mol. The first-order chi connectivity index (χ1) is 26.8. The fourth-order valence-electron chi connectivity index (χ4n) is 7.04. The van der Waals surface area contributed by atoms with Gasteiger partial charge in [0.2, 0.25) is 0 Å². The summed E-state index contributed by atoms with van der Waals surface area (Å²) in [7, 11) is 0. The lowest BCUT2D eigenvalue weighted by Crippen LogP contribution is -2.05. The van der Waals surface area contributed by atoms with E-state index in [-0.39, 0.29) is 0 Å². The summed E-state index contributed by atoms with van der Waals surface area (Å²) in [4.78, 5) is 15.0. The van der Waals surface area contributed by atoms with E-state index < -0.39 is 11.7 Å². The number of hydrogen-bond acceptors (Lipinski definition) is 4. The number of hydrogen-bond donors (Lipinski definition) is 0. The number of benzene rings is 7. The van der Waals surface area contributed by atoms with Gasteiger partial charge in [-0.2, -0.15) is 18.4 Å². The highest BCUT2D eigenvalue weighted by Gasteiger charge is 2.30. The van der Waals surface area contributed by atoms with Crippen LogP contribution in [0.15, 0.2) is 170 Å². The third-order valence-corrected chi connectivity index (χ3v) is 9.72. The molecule has 0 aliphatic rings. The molecule has 0 bridgehead atoms. The fraction of sp³-hybridized carbons (Fsp3) is 0.0213. The first-order valence-corrected chi connectivity index (χ1v) is 17.6. The van der Waals surface area contributed by atoms with Crippen LogP contribution in [0, 0.1) is 11.3 Å². The zero-order chi connectivity index (χ0) is 37.5. The third-order valence-electron chi connectivity index (χ3n) is 9.72. The second-order valence-corrected chi connectivity index (χ2v) is 13.1. The van der Waals surface area contributed by atoms with Crippen LogP contribution < -0.4 is 0 Å². The Hall–Kier alpha value is -7.37. The van der Waals surface area contributed by atoms with E-state index in [0.717, 1.165) is 67.4 Å². The lowest BCUT2D eigenvalue weighted by molar-refractivity contribution is -0.137. The van der Waals surface area contributed by atoms with Crippen molar-refractivity contribution >= 4 is 21.8 Å². The van der Waals surface area contributed by atoms with Crippen molar-refractivity contribution in [2.24, 2.45) is 0 Å². The van der Waals surface area contributed by atoms with Gasteiger partial charge in [-0.15, -0.1) is 0 Å². The predicted molar refractivity (Wildman–Crippen MR) is 211 cm³/mol. The Labute approximate surface area is 314 Å². The van der Waals surface area contributed by atoms with Gasteiger partial charge < -0.3 is 4.57 Å². The molecule has 0 amide bonds. The standard InChI is InChI=1S/C47H28F3N5/c48-47(49,50)37-22-18-31(19-23-37)35-21-25-40(46-53-44(32-11-3-1-4-12-32)52-45(54-46)33-13-5-2-6-14-33)43(27-35)55-41-17-8-7-16-38(41)39-24-20-36(28-42(39)55)34-15-9-10-30(26-34)29-51/h1-28H. The Morgan fingerprint density at radius 2 is 1.00 bits per heavy atom. The van der Waals surface area contributed by atoms with Gasteiger partial charge in [-0.05, 0) is 70.8 Å². The van der Waals surface area contributed by atoms with E-state index in [4.69, 9.17) is 15.0 Å². The number of halogens is 3. The highest BCUT2D eigenvalue weighted by atomic mass is 19.4. The molecule has 0 atom stereocenters. The highest BCUT2D eigenvalue weighted by Crippen LogP contribution is 2.40. The van der Waals surface area contributed by atoms with Crippen LogP contribution >= 0.6 is 0 Å². The molecule has 0 saturated heterocycles. The van der Waals surface area contributed by atoms with Gasteiger partial charge in [-0.3, -0.25) is 0 Å². The average molecular weight is 720 g/mol. The van der Waals surface area contributed by atoms with Crippen LogP contribution in [-0.4, -0.2) is 19.5 Å². The van der Waals surface area contributed by atoms with Gasteiger partial charge in [0.15, 0.2) is 17.5 Å². The summed E-state index contributed by atoms with van der Waals surface area (Å²) in [5, 5.41) is 11.7. The summed E-state index contributed by atoms with van der Waals surface area (Å²) < 4.78 is 42.9. The minimum absolute atomic E-state index is 0.436. The number of nitrogens with zero attached hydrogens (tertiary/aromatic N) is 5. The van der Waals surface area contributed by atoms with E-state index in [0.29, 0.717) is 34.2 Å². The SMILES string of the molecule is N#Cc1cccc(-c2ccc3c4ccccc4n(-c4cc(-c5ccc(C(F)(F)F)cc5)ccc4-c4nc(-c5ccccc5)nc(-c5ccccc5)n4)c3c2)c1. The van der Waals surface area contributed by atoms with Crippen molar-refractivity contribution in [3.63, 3.8) is 0 Å². The minimum Gasteiger partial charge on any atom is -0.308 e. The molecule has 0 radical (unpaired) electrons. The molecular formula is C47H28F3N5. The first kappa shape index (κ1) is 33.5. The number of para-hydroxylation sites is 1. The number of alkyl halides is 3. The third kappa shape index (κ3) is 6.28. The molecule has 2 aromatic heterocycles. The molecule has 262 valence electrons.